The van der Waals surface area contributed by atoms with Crippen molar-refractivity contribution >= 4 is 17.0 Å². The van der Waals surface area contributed by atoms with Crippen molar-refractivity contribution in [2.24, 2.45) is 0 Å². The van der Waals surface area contributed by atoms with Gasteiger partial charge in [-0.2, -0.15) is 4.57 Å². The van der Waals surface area contributed by atoms with Crippen LogP contribution in [0.1, 0.15) is 16.1 Å². The quantitative estimate of drug-likeness (QED) is 0.516. The predicted octanol–water partition coefficient (Wildman–Crippen LogP) is 1.84. The Morgan fingerprint density at radius 3 is 2.63 bits per heavy atom. The van der Waals surface area contributed by atoms with E-state index in [0.29, 0.717) is 13.0 Å². The Balaban J connectivity index is 2.14. The van der Waals surface area contributed by atoms with Crippen LogP contribution >= 0.6 is 11.3 Å². The van der Waals surface area contributed by atoms with Gasteiger partial charge in [0.15, 0.2) is 12.2 Å². The number of nitro groups is 1. The first kappa shape index (κ1) is 13.6. The van der Waals surface area contributed by atoms with Gasteiger partial charge in [0.05, 0.1) is 9.80 Å². The lowest BCUT2D eigenvalue weighted by Gasteiger charge is -1.98. The molecule has 0 amide bonds. The summed E-state index contributed by atoms with van der Waals surface area (Å²) < 4.78 is 2.09. The zero-order chi connectivity index (χ0) is 13.8. The molecule has 0 spiro atoms. The normalized spacial score (nSPS) is 10.6. The van der Waals surface area contributed by atoms with Crippen molar-refractivity contribution in [3.63, 3.8) is 0 Å². The number of aromatic nitrogens is 1. The highest BCUT2D eigenvalue weighted by atomic mass is 32.1. The summed E-state index contributed by atoms with van der Waals surface area (Å²) in [6, 6.07) is 6.58. The van der Waals surface area contributed by atoms with E-state index in [0.717, 1.165) is 11.3 Å². The van der Waals surface area contributed by atoms with Gasteiger partial charge in [-0.25, -0.2) is 0 Å². The van der Waals surface area contributed by atoms with Crippen molar-refractivity contribution < 1.29 is 14.6 Å². The van der Waals surface area contributed by atoms with Gasteiger partial charge in [-0.1, -0.05) is 11.3 Å². The molecule has 0 aliphatic carbocycles. The molecule has 2 rings (SSSR count). The van der Waals surface area contributed by atoms with Gasteiger partial charge in [0.25, 0.3) is 5.69 Å². The number of rotatable bonds is 5. The summed E-state index contributed by atoms with van der Waals surface area (Å²) >= 11 is 1.62. The third-order valence-corrected chi connectivity index (χ3v) is 4.14. The molecular formula is C13H15N2O3S+. The maximum atomic E-state index is 10.6. The molecule has 5 nitrogen and oxygen atoms in total. The minimum absolute atomic E-state index is 0.108. The Bertz CT molecular complexity index is 578. The Kier molecular flexibility index (Phi) is 4.24. The van der Waals surface area contributed by atoms with Gasteiger partial charge in [0, 0.05) is 37.6 Å². The van der Waals surface area contributed by atoms with Crippen LogP contribution in [0, 0.1) is 17.0 Å². The van der Waals surface area contributed by atoms with Crippen molar-refractivity contribution in [3.8, 4) is 0 Å². The van der Waals surface area contributed by atoms with E-state index >= 15 is 0 Å². The Morgan fingerprint density at radius 1 is 1.37 bits per heavy atom. The van der Waals surface area contributed by atoms with Crippen molar-refractivity contribution in [2.45, 2.75) is 19.9 Å². The fourth-order valence-electron chi connectivity index (χ4n) is 1.87. The number of thiazole rings is 1. The van der Waals surface area contributed by atoms with Crippen LogP contribution in [0.3, 0.4) is 0 Å². The first-order valence-corrected chi connectivity index (χ1v) is 6.80. The number of nitro benzene ring substituents is 1. The van der Waals surface area contributed by atoms with E-state index in [1.807, 2.05) is 12.4 Å². The molecule has 0 unspecified atom stereocenters. The number of hydrogen-bond acceptors (Lipinski definition) is 4. The summed E-state index contributed by atoms with van der Waals surface area (Å²) in [4.78, 5) is 11.4. The van der Waals surface area contributed by atoms with Crippen LogP contribution < -0.4 is 4.57 Å². The summed E-state index contributed by atoms with van der Waals surface area (Å²) in [7, 11) is 0. The maximum Gasteiger partial charge on any atom is 0.269 e. The second-order valence-electron chi connectivity index (χ2n) is 4.26. The van der Waals surface area contributed by atoms with E-state index in [1.54, 1.807) is 23.5 Å². The number of aliphatic hydroxyl groups excluding tert-OH is 1. The molecule has 6 heteroatoms. The average molecular weight is 279 g/mol. The third-order valence-electron chi connectivity index (χ3n) is 3.00. The lowest BCUT2D eigenvalue weighted by molar-refractivity contribution is -0.689. The van der Waals surface area contributed by atoms with Crippen molar-refractivity contribution in [2.75, 3.05) is 6.61 Å². The van der Waals surface area contributed by atoms with Crippen LogP contribution in [0.5, 0.6) is 0 Å². The molecule has 0 fully saturated rings. The SMILES string of the molecule is Cc1c(CCO)sc[n+]1Cc1ccc([N+](=O)[O-])cc1. The van der Waals surface area contributed by atoms with Crippen LogP contribution in [0.2, 0.25) is 0 Å². The minimum atomic E-state index is -0.397. The summed E-state index contributed by atoms with van der Waals surface area (Å²) in [6.45, 7) is 2.86. The van der Waals surface area contributed by atoms with Gasteiger partial charge in [-0.3, -0.25) is 10.1 Å². The van der Waals surface area contributed by atoms with Gasteiger partial charge < -0.3 is 5.11 Å². The first-order valence-electron chi connectivity index (χ1n) is 5.92. The standard InChI is InChI=1S/C13H15N2O3S/c1-10-13(6-7-16)19-9-14(10)8-11-2-4-12(5-3-11)15(17)18/h2-5,9,16H,6-8H2,1H3/q+1. The molecule has 1 aromatic carbocycles. The van der Waals surface area contributed by atoms with Crippen LogP contribution in [-0.4, -0.2) is 16.6 Å². The lowest BCUT2D eigenvalue weighted by atomic mass is 10.2. The average Bonchev–Trinajstić information content (AvgIpc) is 2.73. The number of nitrogens with zero attached hydrogens (tertiary/aromatic N) is 2. The number of hydrogen-bond donors (Lipinski definition) is 1. The van der Waals surface area contributed by atoms with E-state index in [9.17, 15) is 10.1 Å². The number of aliphatic hydroxyl groups is 1. The molecule has 19 heavy (non-hydrogen) atoms. The summed E-state index contributed by atoms with van der Waals surface area (Å²) in [5, 5.41) is 19.5. The number of non-ortho nitro benzene ring substituents is 1. The smallest absolute Gasteiger partial charge is 0.269 e. The first-order chi connectivity index (χ1) is 9.11. The topological polar surface area (TPSA) is 67.2 Å². The van der Waals surface area contributed by atoms with Crippen LogP contribution in [0.25, 0.3) is 0 Å². The van der Waals surface area contributed by atoms with E-state index in [-0.39, 0.29) is 12.3 Å². The molecule has 0 radical (unpaired) electrons. The highest BCUT2D eigenvalue weighted by Crippen LogP contribution is 2.14. The maximum absolute atomic E-state index is 10.6. The van der Waals surface area contributed by atoms with Crippen molar-refractivity contribution in [3.05, 3.63) is 56.0 Å². The van der Waals surface area contributed by atoms with Gasteiger partial charge in [-0.15, -0.1) is 0 Å². The molecule has 0 aliphatic heterocycles. The molecular weight excluding hydrogens is 264 g/mol. The fraction of sp³-hybridized carbons (Fsp3) is 0.308. The minimum Gasteiger partial charge on any atom is -0.396 e. The van der Waals surface area contributed by atoms with Gasteiger partial charge in [-0.05, 0) is 12.1 Å². The molecule has 0 bridgehead atoms. The van der Waals surface area contributed by atoms with E-state index in [4.69, 9.17) is 5.11 Å². The molecule has 0 aliphatic rings. The van der Waals surface area contributed by atoms with Crippen LogP contribution in [0.15, 0.2) is 29.8 Å². The molecule has 100 valence electrons. The molecule has 2 aromatic rings. The zero-order valence-corrected chi connectivity index (χ0v) is 11.4. The molecule has 0 atom stereocenters. The molecule has 1 heterocycles. The Hall–Kier alpha value is -1.79. The second kappa shape index (κ2) is 5.90. The summed E-state index contributed by atoms with van der Waals surface area (Å²) in [6.07, 6.45) is 0.670. The number of benzene rings is 1. The Labute approximate surface area is 114 Å². The van der Waals surface area contributed by atoms with Crippen LogP contribution in [0.4, 0.5) is 5.69 Å². The Morgan fingerprint density at radius 2 is 2.05 bits per heavy atom. The van der Waals surface area contributed by atoms with Crippen molar-refractivity contribution in [1.29, 1.82) is 0 Å². The second-order valence-corrected chi connectivity index (χ2v) is 5.20. The fourth-order valence-corrected chi connectivity index (χ4v) is 2.85. The largest absolute Gasteiger partial charge is 0.396 e. The van der Waals surface area contributed by atoms with Gasteiger partial charge in [0.1, 0.15) is 0 Å². The molecule has 1 N–H and O–H groups in total. The highest BCUT2D eigenvalue weighted by molar-refractivity contribution is 7.09. The molecule has 1 aromatic heterocycles. The monoisotopic (exact) mass is 279 g/mol. The predicted molar refractivity (Wildman–Crippen MR) is 72.2 cm³/mol. The molecule has 0 saturated carbocycles. The van der Waals surface area contributed by atoms with E-state index in [2.05, 4.69) is 4.57 Å². The van der Waals surface area contributed by atoms with Crippen molar-refractivity contribution in [1.82, 2.24) is 0 Å². The zero-order valence-electron chi connectivity index (χ0n) is 10.6. The van der Waals surface area contributed by atoms with E-state index < -0.39 is 4.92 Å². The summed E-state index contributed by atoms with van der Waals surface area (Å²) in [5.74, 6) is 0. The third kappa shape index (κ3) is 3.15. The summed E-state index contributed by atoms with van der Waals surface area (Å²) in [5.41, 5.74) is 4.28. The molecule has 0 saturated heterocycles. The highest BCUT2D eigenvalue weighted by Gasteiger charge is 2.15. The van der Waals surface area contributed by atoms with Crippen LogP contribution in [-0.2, 0) is 13.0 Å². The lowest BCUT2D eigenvalue weighted by Crippen LogP contribution is -2.35. The van der Waals surface area contributed by atoms with E-state index in [1.165, 1.54) is 17.0 Å². The van der Waals surface area contributed by atoms with Gasteiger partial charge in [0.2, 0.25) is 5.51 Å². The van der Waals surface area contributed by atoms with Gasteiger partial charge >= 0.3 is 0 Å².